The van der Waals surface area contributed by atoms with Crippen molar-refractivity contribution in [1.29, 1.82) is 0 Å². The smallest absolute Gasteiger partial charge is 0.246 e. The predicted molar refractivity (Wildman–Crippen MR) is 301 cm³/mol. The molecule has 14 nitrogen and oxygen atoms in total. The third-order valence-corrected chi connectivity index (χ3v) is 15.5. The van der Waals surface area contributed by atoms with Gasteiger partial charge in [-0.05, 0) is 107 Å². The summed E-state index contributed by atoms with van der Waals surface area (Å²) >= 11 is 7.89. The molecule has 0 aliphatic carbocycles. The van der Waals surface area contributed by atoms with E-state index in [1.54, 1.807) is 35.6 Å². The number of alkyl halides is 1. The van der Waals surface area contributed by atoms with Crippen molar-refractivity contribution in [2.24, 2.45) is 5.41 Å². The number of amides is 4. The maximum absolute atomic E-state index is 14.1. The lowest BCUT2D eigenvalue weighted by atomic mass is 9.85. The van der Waals surface area contributed by atoms with Crippen LogP contribution in [0.2, 0.25) is 0 Å². The molecule has 0 saturated carbocycles. The van der Waals surface area contributed by atoms with Gasteiger partial charge in [0.1, 0.15) is 35.9 Å². The number of carbonyl (C=O) groups excluding carboxylic acids is 4. The number of phenols is 2. The average Bonchev–Trinajstić information content (AvgIpc) is 4.03. The van der Waals surface area contributed by atoms with E-state index in [2.05, 4.69) is 20.5 Å². The van der Waals surface area contributed by atoms with E-state index in [1.165, 1.54) is 4.90 Å². The molecule has 2 saturated heterocycles. The van der Waals surface area contributed by atoms with Crippen LogP contribution in [0.1, 0.15) is 113 Å². The van der Waals surface area contributed by atoms with Crippen LogP contribution in [0, 0.1) is 12.3 Å². The highest BCUT2D eigenvalue weighted by molar-refractivity contribution is 7.13. The number of nitrogens with one attached hydrogen (secondary N) is 2. The number of β-amino-alcohol motifs (C(OH)–C–C–N with tert-alkyl or cyclic N) is 1. The first-order chi connectivity index (χ1) is 36.6. The molecule has 2 aliphatic heterocycles. The molecule has 3 heterocycles. The molecule has 7 rings (SSSR count). The van der Waals surface area contributed by atoms with Crippen LogP contribution in [0.15, 0.2) is 103 Å². The molecule has 0 bridgehead atoms. The monoisotopic (exact) mass is 1070 g/mol. The van der Waals surface area contributed by atoms with Crippen LogP contribution in [-0.2, 0) is 25.7 Å². The Morgan fingerprint density at radius 3 is 1.96 bits per heavy atom. The second kappa shape index (κ2) is 27.7. The molecule has 76 heavy (non-hydrogen) atoms. The van der Waals surface area contributed by atoms with Crippen LogP contribution >= 0.6 is 22.9 Å². The van der Waals surface area contributed by atoms with Gasteiger partial charge in [-0.1, -0.05) is 107 Å². The molecule has 5 aromatic rings. The Morgan fingerprint density at radius 2 is 1.37 bits per heavy atom. The average molecular weight is 1080 g/mol. The first kappa shape index (κ1) is 57.4. The van der Waals surface area contributed by atoms with E-state index in [-0.39, 0.29) is 61.1 Å². The number of aromatic hydroxyl groups is 2. The molecule has 5 N–H and O–H groups in total. The molecule has 2 fully saturated rings. The summed E-state index contributed by atoms with van der Waals surface area (Å²) in [5, 5.41) is 36.5. The number of aliphatic hydroxyl groups excluding tert-OH is 1. The number of aliphatic hydroxyl groups is 1. The van der Waals surface area contributed by atoms with Gasteiger partial charge in [0.2, 0.25) is 23.6 Å². The fourth-order valence-corrected chi connectivity index (χ4v) is 11.0. The van der Waals surface area contributed by atoms with Gasteiger partial charge < -0.3 is 40.5 Å². The van der Waals surface area contributed by atoms with Gasteiger partial charge in [0.25, 0.3) is 0 Å². The van der Waals surface area contributed by atoms with Crippen LogP contribution in [0.5, 0.6) is 17.2 Å². The summed E-state index contributed by atoms with van der Waals surface area (Å²) in [4.78, 5) is 65.0. The number of aromatic nitrogens is 1. The van der Waals surface area contributed by atoms with Crippen molar-refractivity contribution in [2.45, 2.75) is 117 Å². The quantitative estimate of drug-likeness (QED) is 0.0227. The Kier molecular flexibility index (Phi) is 20.9. The number of hydrogen-bond donors (Lipinski definition) is 5. The normalized spacial score (nSPS) is 16.8. The number of carbonyl (C=O) groups is 4. The second-order valence-corrected chi connectivity index (χ2v) is 22.3. The number of nitrogens with zero attached hydrogens (tertiary/aromatic N) is 4. The molecule has 2 aliphatic rings. The summed E-state index contributed by atoms with van der Waals surface area (Å²) in [6.45, 7) is 12.2. The fraction of sp³-hybridized carbons (Fsp3) is 0.450. The van der Waals surface area contributed by atoms with Crippen LogP contribution in [0.25, 0.3) is 21.6 Å². The number of thiazole rings is 1. The van der Waals surface area contributed by atoms with Crippen LogP contribution < -0.4 is 15.4 Å². The Hall–Kier alpha value is -6.26. The zero-order chi connectivity index (χ0) is 54.2. The summed E-state index contributed by atoms with van der Waals surface area (Å²) in [7, 11) is 0. The second-order valence-electron chi connectivity index (χ2n) is 21.0. The summed E-state index contributed by atoms with van der Waals surface area (Å²) in [5.41, 5.74) is 9.01. The highest BCUT2D eigenvalue weighted by Gasteiger charge is 2.44. The van der Waals surface area contributed by atoms with Gasteiger partial charge in [-0.2, -0.15) is 0 Å². The number of unbranched alkanes of at least 4 members (excludes halogenated alkanes) is 5. The number of halogens is 1. The molecule has 4 amide bonds. The lowest BCUT2D eigenvalue weighted by Gasteiger charge is -2.35. The van der Waals surface area contributed by atoms with E-state index in [0.717, 1.165) is 107 Å². The minimum Gasteiger partial charge on any atom is -0.508 e. The van der Waals surface area contributed by atoms with Gasteiger partial charge in [-0.25, -0.2) is 4.98 Å². The van der Waals surface area contributed by atoms with Gasteiger partial charge in [0.05, 0.1) is 22.2 Å². The molecular weight excluding hydrogens is 1000 g/mol. The van der Waals surface area contributed by atoms with Gasteiger partial charge >= 0.3 is 0 Å². The number of phenolic OH excluding ortho intramolecular Hbond substituents is 2. The summed E-state index contributed by atoms with van der Waals surface area (Å²) in [6.07, 6.45) is 5.90. The number of hydrogen-bond acceptors (Lipinski definition) is 11. The van der Waals surface area contributed by atoms with Crippen LogP contribution in [-0.4, -0.2) is 129 Å². The van der Waals surface area contributed by atoms with Gasteiger partial charge in [-0.3, -0.25) is 24.1 Å². The Labute approximate surface area is 457 Å². The highest BCUT2D eigenvalue weighted by Crippen LogP contribution is 2.37. The zero-order valence-corrected chi connectivity index (χ0v) is 46.0. The number of likely N-dealkylation sites (tertiary alicyclic amines) is 1. The molecule has 3 atom stereocenters. The molecule has 4 aromatic carbocycles. The van der Waals surface area contributed by atoms with Crippen molar-refractivity contribution in [1.82, 2.24) is 30.3 Å². The van der Waals surface area contributed by atoms with E-state index in [9.17, 15) is 34.5 Å². The zero-order valence-electron chi connectivity index (χ0n) is 44.4. The van der Waals surface area contributed by atoms with Crippen molar-refractivity contribution < 1.29 is 39.2 Å². The lowest BCUT2D eigenvalue weighted by molar-refractivity contribution is -0.144. The number of piperazine rings is 1. The minimum atomic E-state index is -0.869. The molecule has 1 aromatic heterocycles. The molecule has 0 unspecified atom stereocenters. The van der Waals surface area contributed by atoms with Crippen LogP contribution in [0.4, 0.5) is 0 Å². The van der Waals surface area contributed by atoms with Crippen molar-refractivity contribution in [2.75, 3.05) is 51.8 Å². The third-order valence-electron chi connectivity index (χ3n) is 14.3. The van der Waals surface area contributed by atoms with Crippen molar-refractivity contribution >= 4 is 57.7 Å². The van der Waals surface area contributed by atoms with Crippen molar-refractivity contribution in [3.63, 3.8) is 0 Å². The number of aryl methyl sites for hydroxylation is 1. The van der Waals surface area contributed by atoms with E-state index < -0.39 is 23.6 Å². The molecule has 0 radical (unpaired) electrons. The van der Waals surface area contributed by atoms with E-state index in [4.69, 9.17) is 16.3 Å². The van der Waals surface area contributed by atoms with Crippen molar-refractivity contribution in [3.05, 3.63) is 131 Å². The lowest BCUT2D eigenvalue weighted by Crippen LogP contribution is -2.57. The van der Waals surface area contributed by atoms with E-state index in [1.807, 2.05) is 111 Å². The predicted octanol–water partition coefficient (Wildman–Crippen LogP) is 9.57. The number of ether oxygens (including phenoxy) is 1. The summed E-state index contributed by atoms with van der Waals surface area (Å²) in [5.74, 6) is 0.802. The fourth-order valence-electron chi connectivity index (χ4n) is 9.99. The van der Waals surface area contributed by atoms with E-state index in [0.29, 0.717) is 44.8 Å². The number of benzene rings is 4. The van der Waals surface area contributed by atoms with Gasteiger partial charge in [0, 0.05) is 71.0 Å². The largest absolute Gasteiger partial charge is 0.508 e. The van der Waals surface area contributed by atoms with Gasteiger partial charge in [-0.15, -0.1) is 22.9 Å². The minimum absolute atomic E-state index is 0.0212. The Bertz CT molecular complexity index is 2720. The standard InChI is InChI=1S/C60H75ClN6O8S/c1-41-56(76-40-63-41)46-15-13-42(14-16-46)38-62-58(73)52-37-49(70)39-67(52)59(74)57(60(2,3)4)64-53(71)11-9-7-5-6-8-10-12-54(72)66-33-31-65(32-34-66)35-36-75-50-27-21-45(22-28-50)55(44-19-25-48(69)26-20-44)51(29-30-61)43-17-23-47(68)24-18-43/h13-28,40,49,52,57,68-70H,5-12,29-39H2,1-4H3,(H,62,73)(H,64,71)/t49-,52+,57-/m1/s1. The SMILES string of the molecule is Cc1ncsc1-c1ccc(CNC(=O)[C@@H]2C[C@@H](O)CN2C(=O)[C@@H](NC(=O)CCCCCCCCC(=O)N2CCN(CCOc3ccc(C(=C(CCCl)c4ccc(O)cc4)c4ccc(O)cc4)cc3)CC2)C(C)(C)C)cc1. The first-order valence-corrected chi connectivity index (χ1v) is 28.2. The molecule has 406 valence electrons. The maximum atomic E-state index is 14.1. The third kappa shape index (κ3) is 16.1. The number of rotatable bonds is 24. The summed E-state index contributed by atoms with van der Waals surface area (Å²) < 4.78 is 6.18. The maximum Gasteiger partial charge on any atom is 0.246 e. The van der Waals surface area contributed by atoms with Crippen LogP contribution in [0.3, 0.4) is 0 Å². The number of allylic oxidation sites excluding steroid dienone is 1. The topological polar surface area (TPSA) is 185 Å². The highest BCUT2D eigenvalue weighted by atomic mass is 35.5. The molecule has 16 heteroatoms. The summed E-state index contributed by atoms with van der Waals surface area (Å²) in [6, 6.07) is 28.4. The molecular formula is C60H75ClN6O8S. The van der Waals surface area contributed by atoms with Crippen molar-refractivity contribution in [3.8, 4) is 27.7 Å². The van der Waals surface area contributed by atoms with E-state index >= 15 is 0 Å². The Balaban J connectivity index is 0.764. The first-order valence-electron chi connectivity index (χ1n) is 26.7. The van der Waals surface area contributed by atoms with Gasteiger partial charge in [0.15, 0.2) is 0 Å². The molecule has 0 spiro atoms. The Morgan fingerprint density at radius 1 is 0.776 bits per heavy atom.